The molecule has 0 aliphatic carbocycles. The summed E-state index contributed by atoms with van der Waals surface area (Å²) < 4.78 is 1.07. The van der Waals surface area contributed by atoms with Gasteiger partial charge in [0.25, 0.3) is 5.91 Å². The van der Waals surface area contributed by atoms with Gasteiger partial charge in [0.2, 0.25) is 0 Å². The van der Waals surface area contributed by atoms with Gasteiger partial charge in [-0.25, -0.2) is 4.98 Å². The second-order valence-corrected chi connectivity index (χ2v) is 6.72. The molecule has 0 fully saturated rings. The standard InChI is InChI=1S/C15H15N3OS2/c1-2-11(15-17-5-6-20-15)18-14(19)13-8-9-7-10(16)3-4-12(9)21-13/h3-8,11H,2,16H2,1H3,(H,18,19). The smallest absolute Gasteiger partial charge is 0.261 e. The second-order valence-electron chi connectivity index (χ2n) is 4.71. The number of fused-ring (bicyclic) bond motifs is 1. The first-order valence-corrected chi connectivity index (χ1v) is 8.36. The van der Waals surface area contributed by atoms with Crippen molar-refractivity contribution in [3.05, 3.63) is 45.7 Å². The predicted octanol–water partition coefficient (Wildman–Crippen LogP) is 3.82. The molecule has 2 heterocycles. The lowest BCUT2D eigenvalue weighted by Gasteiger charge is -2.13. The van der Waals surface area contributed by atoms with Crippen LogP contribution < -0.4 is 11.1 Å². The number of hydrogen-bond acceptors (Lipinski definition) is 5. The number of carbonyl (C=O) groups is 1. The number of nitrogens with one attached hydrogen (secondary N) is 1. The normalized spacial score (nSPS) is 12.4. The molecule has 3 aromatic rings. The van der Waals surface area contributed by atoms with Crippen molar-refractivity contribution in [1.82, 2.24) is 10.3 Å². The zero-order chi connectivity index (χ0) is 14.8. The number of thiazole rings is 1. The third kappa shape index (κ3) is 2.91. The topological polar surface area (TPSA) is 68.0 Å². The highest BCUT2D eigenvalue weighted by atomic mass is 32.1. The van der Waals surface area contributed by atoms with Crippen LogP contribution >= 0.6 is 22.7 Å². The molecule has 0 bridgehead atoms. The molecule has 3 rings (SSSR count). The molecule has 108 valence electrons. The first-order chi connectivity index (χ1) is 10.2. The van der Waals surface area contributed by atoms with Crippen LogP contribution in [0.5, 0.6) is 0 Å². The van der Waals surface area contributed by atoms with Gasteiger partial charge in [0.1, 0.15) is 5.01 Å². The third-order valence-corrected chi connectivity index (χ3v) is 5.23. The van der Waals surface area contributed by atoms with Crippen molar-refractivity contribution in [1.29, 1.82) is 0 Å². The van der Waals surface area contributed by atoms with E-state index in [9.17, 15) is 4.79 Å². The Morgan fingerprint density at radius 3 is 3.00 bits per heavy atom. The van der Waals surface area contributed by atoms with E-state index in [1.807, 2.05) is 36.6 Å². The van der Waals surface area contributed by atoms with Crippen LogP contribution in [0, 0.1) is 0 Å². The minimum atomic E-state index is -0.0585. The molecule has 2 aromatic heterocycles. The van der Waals surface area contributed by atoms with E-state index in [2.05, 4.69) is 10.3 Å². The molecule has 1 amide bonds. The number of nitrogen functional groups attached to an aromatic ring is 1. The quantitative estimate of drug-likeness (QED) is 0.719. The number of anilines is 1. The van der Waals surface area contributed by atoms with E-state index in [1.54, 1.807) is 17.5 Å². The fourth-order valence-corrected chi connectivity index (χ4v) is 3.87. The van der Waals surface area contributed by atoms with Crippen LogP contribution in [-0.2, 0) is 0 Å². The van der Waals surface area contributed by atoms with E-state index in [4.69, 9.17) is 5.73 Å². The number of nitrogens with two attached hydrogens (primary N) is 1. The van der Waals surface area contributed by atoms with Crippen LogP contribution in [0.15, 0.2) is 35.8 Å². The largest absolute Gasteiger partial charge is 0.399 e. The van der Waals surface area contributed by atoms with Gasteiger partial charge in [-0.15, -0.1) is 22.7 Å². The summed E-state index contributed by atoms with van der Waals surface area (Å²) in [6, 6.07) is 7.55. The Labute approximate surface area is 130 Å². The maximum atomic E-state index is 12.4. The highest BCUT2D eigenvalue weighted by molar-refractivity contribution is 7.20. The summed E-state index contributed by atoms with van der Waals surface area (Å²) >= 11 is 3.04. The third-order valence-electron chi connectivity index (χ3n) is 3.23. The van der Waals surface area contributed by atoms with Gasteiger partial charge in [-0.1, -0.05) is 6.92 Å². The van der Waals surface area contributed by atoms with Gasteiger partial charge < -0.3 is 11.1 Å². The zero-order valence-corrected chi connectivity index (χ0v) is 13.1. The molecule has 1 aromatic carbocycles. The van der Waals surface area contributed by atoms with Crippen LogP contribution in [0.1, 0.15) is 34.1 Å². The monoisotopic (exact) mass is 317 g/mol. The van der Waals surface area contributed by atoms with Crippen molar-refractivity contribution in [3.63, 3.8) is 0 Å². The molecule has 3 N–H and O–H groups in total. The van der Waals surface area contributed by atoms with Crippen molar-refractivity contribution in [2.24, 2.45) is 0 Å². The molecule has 0 aliphatic heterocycles. The first kappa shape index (κ1) is 14.0. The van der Waals surface area contributed by atoms with Gasteiger partial charge in [-0.3, -0.25) is 4.79 Å². The van der Waals surface area contributed by atoms with Gasteiger partial charge in [0, 0.05) is 22.0 Å². The van der Waals surface area contributed by atoms with Crippen LogP contribution in [0.4, 0.5) is 5.69 Å². The Kier molecular flexibility index (Phi) is 3.90. The number of thiophene rings is 1. The number of aromatic nitrogens is 1. The van der Waals surface area contributed by atoms with E-state index >= 15 is 0 Å². The Morgan fingerprint density at radius 2 is 2.29 bits per heavy atom. The van der Waals surface area contributed by atoms with Crippen molar-refractivity contribution in [3.8, 4) is 0 Å². The highest BCUT2D eigenvalue weighted by Gasteiger charge is 2.17. The summed E-state index contributed by atoms with van der Waals surface area (Å²) in [4.78, 5) is 17.4. The number of hydrogen-bond donors (Lipinski definition) is 2. The van der Waals surface area contributed by atoms with Gasteiger partial charge in [0.15, 0.2) is 0 Å². The van der Waals surface area contributed by atoms with E-state index in [0.717, 1.165) is 21.5 Å². The molecule has 0 aliphatic rings. The second kappa shape index (κ2) is 5.83. The van der Waals surface area contributed by atoms with Gasteiger partial charge in [0.05, 0.1) is 10.9 Å². The number of nitrogens with zero attached hydrogens (tertiary/aromatic N) is 1. The van der Waals surface area contributed by atoms with Crippen molar-refractivity contribution >= 4 is 44.4 Å². The SMILES string of the molecule is CCC(NC(=O)c1cc2cc(N)ccc2s1)c1nccs1. The summed E-state index contributed by atoms with van der Waals surface area (Å²) in [5, 5.41) is 6.92. The van der Waals surface area contributed by atoms with E-state index in [1.165, 1.54) is 11.3 Å². The average Bonchev–Trinajstić information content (AvgIpc) is 3.12. The van der Waals surface area contributed by atoms with Crippen LogP contribution in [0.3, 0.4) is 0 Å². The van der Waals surface area contributed by atoms with Crippen LogP contribution in [-0.4, -0.2) is 10.9 Å². The van der Waals surface area contributed by atoms with E-state index < -0.39 is 0 Å². The molecule has 1 unspecified atom stereocenters. The van der Waals surface area contributed by atoms with E-state index in [-0.39, 0.29) is 11.9 Å². The molecule has 4 nitrogen and oxygen atoms in total. The Hall–Kier alpha value is -1.92. The summed E-state index contributed by atoms with van der Waals surface area (Å²) in [5.41, 5.74) is 6.48. The molecule has 0 saturated heterocycles. The maximum Gasteiger partial charge on any atom is 0.261 e. The molecule has 0 spiro atoms. The summed E-state index contributed by atoms with van der Waals surface area (Å²) in [6.07, 6.45) is 2.58. The lowest BCUT2D eigenvalue weighted by atomic mass is 10.2. The zero-order valence-electron chi connectivity index (χ0n) is 11.5. The molecule has 6 heteroatoms. The first-order valence-electron chi connectivity index (χ1n) is 6.66. The fourth-order valence-electron chi connectivity index (χ4n) is 2.15. The van der Waals surface area contributed by atoms with Crippen molar-refractivity contribution in [2.45, 2.75) is 19.4 Å². The molecular weight excluding hydrogens is 302 g/mol. The maximum absolute atomic E-state index is 12.4. The molecular formula is C15H15N3OS2. The minimum Gasteiger partial charge on any atom is -0.399 e. The van der Waals surface area contributed by atoms with Crippen LogP contribution in [0.25, 0.3) is 10.1 Å². The van der Waals surface area contributed by atoms with E-state index in [0.29, 0.717) is 10.6 Å². The molecule has 0 saturated carbocycles. The Balaban J connectivity index is 1.83. The number of benzene rings is 1. The van der Waals surface area contributed by atoms with Crippen molar-refractivity contribution in [2.75, 3.05) is 5.73 Å². The number of amides is 1. The molecule has 0 radical (unpaired) electrons. The van der Waals surface area contributed by atoms with Gasteiger partial charge >= 0.3 is 0 Å². The fraction of sp³-hybridized carbons (Fsp3) is 0.200. The number of rotatable bonds is 4. The molecule has 21 heavy (non-hydrogen) atoms. The van der Waals surface area contributed by atoms with Crippen molar-refractivity contribution < 1.29 is 4.79 Å². The van der Waals surface area contributed by atoms with Crippen LogP contribution in [0.2, 0.25) is 0 Å². The van der Waals surface area contributed by atoms with Gasteiger partial charge in [-0.05, 0) is 36.1 Å². The highest BCUT2D eigenvalue weighted by Crippen LogP contribution is 2.28. The molecule has 1 atom stereocenters. The predicted molar refractivity (Wildman–Crippen MR) is 88.8 cm³/mol. The lowest BCUT2D eigenvalue weighted by molar-refractivity contribution is 0.0939. The Bertz CT molecular complexity index is 764. The Morgan fingerprint density at radius 1 is 1.43 bits per heavy atom. The summed E-state index contributed by atoms with van der Waals surface area (Å²) in [7, 11) is 0. The number of carbonyl (C=O) groups excluding carboxylic acids is 1. The van der Waals surface area contributed by atoms with Gasteiger partial charge in [-0.2, -0.15) is 0 Å². The minimum absolute atomic E-state index is 0.0345. The average molecular weight is 317 g/mol. The summed E-state index contributed by atoms with van der Waals surface area (Å²) in [5.74, 6) is -0.0585. The summed E-state index contributed by atoms with van der Waals surface area (Å²) in [6.45, 7) is 2.04. The lowest BCUT2D eigenvalue weighted by Crippen LogP contribution is -2.27.